The van der Waals surface area contributed by atoms with Gasteiger partial charge in [-0.15, -0.1) is 0 Å². The predicted octanol–water partition coefficient (Wildman–Crippen LogP) is 5.54. The van der Waals surface area contributed by atoms with Crippen LogP contribution in [-0.4, -0.2) is 56.8 Å². The summed E-state index contributed by atoms with van der Waals surface area (Å²) in [5, 5.41) is 6.34. The summed E-state index contributed by atoms with van der Waals surface area (Å²) < 4.78 is 13.5. The maximum absolute atomic E-state index is 13.5. The molecule has 3 heterocycles. The molecule has 2 N–H and O–H groups in total. The zero-order chi connectivity index (χ0) is 27.2. The average molecular weight is 526 g/mol. The maximum atomic E-state index is 13.5. The van der Waals surface area contributed by atoms with Gasteiger partial charge >= 0.3 is 0 Å². The molecule has 39 heavy (non-hydrogen) atoms. The monoisotopic (exact) mass is 525 g/mol. The van der Waals surface area contributed by atoms with E-state index in [1.807, 2.05) is 53.7 Å². The number of amides is 1. The molecule has 0 spiro atoms. The molecule has 1 fully saturated rings. The number of hydrogen-bond acceptors (Lipinski definition) is 7. The van der Waals surface area contributed by atoms with Gasteiger partial charge in [0.25, 0.3) is 5.91 Å². The first-order valence-corrected chi connectivity index (χ1v) is 13.1. The highest BCUT2D eigenvalue weighted by atomic mass is 19.1. The highest BCUT2D eigenvalue weighted by molar-refractivity contribution is 5.94. The first-order valence-electron chi connectivity index (χ1n) is 13.1. The quantitative estimate of drug-likeness (QED) is 0.312. The number of carbonyl (C=O) groups excluding carboxylic acids is 1. The summed E-state index contributed by atoms with van der Waals surface area (Å²) in [5.74, 6) is 0.798. The lowest BCUT2D eigenvalue weighted by Gasteiger charge is -2.37. The fourth-order valence-corrected chi connectivity index (χ4v) is 4.78. The van der Waals surface area contributed by atoms with E-state index in [9.17, 15) is 9.18 Å². The van der Waals surface area contributed by atoms with Crippen LogP contribution in [0.4, 0.5) is 27.5 Å². The number of pyridine rings is 1. The van der Waals surface area contributed by atoms with Crippen molar-refractivity contribution in [1.29, 1.82) is 0 Å². The Bertz CT molecular complexity index is 1410. The van der Waals surface area contributed by atoms with E-state index in [1.54, 1.807) is 31.3 Å². The first kappa shape index (κ1) is 26.2. The fraction of sp³-hybridized carbons (Fsp3) is 0.267. The van der Waals surface area contributed by atoms with E-state index in [0.717, 1.165) is 43.9 Å². The van der Waals surface area contributed by atoms with Crippen molar-refractivity contribution in [2.45, 2.75) is 32.4 Å². The van der Waals surface area contributed by atoms with Crippen LogP contribution >= 0.6 is 0 Å². The van der Waals surface area contributed by atoms with Crippen molar-refractivity contribution in [3.05, 3.63) is 102 Å². The number of carbonyl (C=O) groups is 1. The number of nitrogens with one attached hydrogen (secondary N) is 2. The van der Waals surface area contributed by atoms with Crippen molar-refractivity contribution in [3.8, 4) is 0 Å². The normalized spacial score (nSPS) is 13.9. The molecule has 1 saturated heterocycles. The van der Waals surface area contributed by atoms with Crippen LogP contribution in [0, 0.1) is 12.7 Å². The fourth-order valence-electron chi connectivity index (χ4n) is 4.78. The molecule has 4 aromatic rings. The van der Waals surface area contributed by atoms with Crippen molar-refractivity contribution in [2.75, 3.05) is 30.8 Å². The number of likely N-dealkylation sites (tertiary alicyclic amines) is 1. The molecule has 0 radical (unpaired) electrons. The molecular weight excluding hydrogens is 493 g/mol. The van der Waals surface area contributed by atoms with Crippen LogP contribution in [-0.2, 0) is 6.54 Å². The number of rotatable bonds is 8. The minimum atomic E-state index is -0.249. The van der Waals surface area contributed by atoms with E-state index in [-0.39, 0.29) is 11.7 Å². The lowest BCUT2D eigenvalue weighted by atomic mass is 10.0. The Labute approximate surface area is 227 Å². The number of hydrogen-bond donors (Lipinski definition) is 2. The van der Waals surface area contributed by atoms with Gasteiger partial charge in [-0.1, -0.05) is 0 Å². The lowest BCUT2D eigenvalue weighted by molar-refractivity contribution is 0.0639. The summed E-state index contributed by atoms with van der Waals surface area (Å²) in [6.07, 6.45) is 7.19. The van der Waals surface area contributed by atoms with Gasteiger partial charge in [0.2, 0.25) is 5.95 Å². The van der Waals surface area contributed by atoms with Crippen molar-refractivity contribution >= 4 is 29.0 Å². The van der Waals surface area contributed by atoms with E-state index in [2.05, 4.69) is 37.5 Å². The van der Waals surface area contributed by atoms with Crippen molar-refractivity contribution in [2.24, 2.45) is 0 Å². The van der Waals surface area contributed by atoms with Crippen LogP contribution in [0.3, 0.4) is 0 Å². The molecule has 2 aromatic heterocycles. The number of piperidine rings is 1. The van der Waals surface area contributed by atoms with Crippen LogP contribution in [0.15, 0.2) is 79.3 Å². The van der Waals surface area contributed by atoms with Gasteiger partial charge in [0, 0.05) is 61.2 Å². The van der Waals surface area contributed by atoms with Gasteiger partial charge in [-0.3, -0.25) is 14.7 Å². The summed E-state index contributed by atoms with van der Waals surface area (Å²) in [4.78, 5) is 30.3. The van der Waals surface area contributed by atoms with Crippen LogP contribution in [0.25, 0.3) is 0 Å². The summed E-state index contributed by atoms with van der Waals surface area (Å²) in [6, 6.07) is 18.5. The molecule has 1 amide bonds. The van der Waals surface area contributed by atoms with Gasteiger partial charge in [-0.05, 0) is 98.6 Å². The second kappa shape index (κ2) is 12.0. The topological polar surface area (TPSA) is 86.3 Å². The molecule has 0 atom stereocenters. The Balaban J connectivity index is 1.14. The van der Waals surface area contributed by atoms with Crippen LogP contribution < -0.4 is 10.6 Å². The Morgan fingerprint density at radius 3 is 2.41 bits per heavy atom. The highest BCUT2D eigenvalue weighted by Crippen LogP contribution is 2.22. The second-order valence-electron chi connectivity index (χ2n) is 9.85. The molecule has 0 aliphatic carbocycles. The summed E-state index contributed by atoms with van der Waals surface area (Å²) >= 11 is 0. The zero-order valence-electron chi connectivity index (χ0n) is 22.1. The number of nitrogens with zero attached hydrogens (tertiary/aromatic N) is 5. The second-order valence-corrected chi connectivity index (χ2v) is 9.85. The van der Waals surface area contributed by atoms with Crippen molar-refractivity contribution in [1.82, 2.24) is 24.8 Å². The maximum Gasteiger partial charge on any atom is 0.253 e. The smallest absolute Gasteiger partial charge is 0.253 e. The first-order chi connectivity index (χ1) is 18.9. The van der Waals surface area contributed by atoms with E-state index < -0.39 is 0 Å². The number of benzene rings is 2. The average Bonchev–Trinajstić information content (AvgIpc) is 2.96. The molecule has 0 unspecified atom stereocenters. The number of aryl methyl sites for hydroxylation is 1. The van der Waals surface area contributed by atoms with Crippen LogP contribution in [0.5, 0.6) is 0 Å². The van der Waals surface area contributed by atoms with Crippen molar-refractivity contribution in [3.63, 3.8) is 0 Å². The lowest BCUT2D eigenvalue weighted by Crippen LogP contribution is -2.45. The third-order valence-electron chi connectivity index (χ3n) is 7.03. The third-order valence-corrected chi connectivity index (χ3v) is 7.03. The summed E-state index contributed by atoms with van der Waals surface area (Å²) in [6.45, 7) is 4.08. The molecule has 1 aliphatic heterocycles. The number of halogens is 1. The predicted molar refractivity (Wildman–Crippen MR) is 151 cm³/mol. The minimum Gasteiger partial charge on any atom is -0.340 e. The molecule has 0 bridgehead atoms. The number of aromatic nitrogens is 3. The van der Waals surface area contributed by atoms with Gasteiger partial charge in [0.1, 0.15) is 11.6 Å². The van der Waals surface area contributed by atoms with Crippen LogP contribution in [0.2, 0.25) is 0 Å². The zero-order valence-corrected chi connectivity index (χ0v) is 22.1. The number of anilines is 4. The van der Waals surface area contributed by atoms with Gasteiger partial charge in [-0.25, -0.2) is 9.37 Å². The molecular formula is C30H32FN7O. The Kier molecular flexibility index (Phi) is 8.07. The SMILES string of the molecule is Cc1cc(Nc2ccnc(Nc3ccc(C(=O)N4CCC(N(C)Cc5ccncc5)CC4)cc3)n2)ccc1F. The summed E-state index contributed by atoms with van der Waals surface area (Å²) in [5.41, 5.74) is 3.98. The molecule has 8 nitrogen and oxygen atoms in total. The van der Waals surface area contributed by atoms with Gasteiger partial charge in [0.05, 0.1) is 0 Å². The molecule has 5 rings (SSSR count). The Morgan fingerprint density at radius 1 is 0.974 bits per heavy atom. The van der Waals surface area contributed by atoms with Crippen LogP contribution in [0.1, 0.15) is 34.3 Å². The van der Waals surface area contributed by atoms with Gasteiger partial charge in [-0.2, -0.15) is 4.98 Å². The third kappa shape index (κ3) is 6.74. The standard InChI is InChI=1S/C30H32FN7O/c1-21-19-25(7-8-27(21)31)34-28-11-16-33-30(36-28)35-24-5-3-23(4-6-24)29(39)38-17-12-26(13-18-38)37(2)20-22-9-14-32-15-10-22/h3-11,14-16,19,26H,12-13,17-18,20H2,1-2H3,(H2,33,34,35,36). The Morgan fingerprint density at radius 2 is 1.69 bits per heavy atom. The van der Waals surface area contributed by atoms with E-state index in [4.69, 9.17) is 0 Å². The molecule has 200 valence electrons. The van der Waals surface area contributed by atoms with E-state index in [0.29, 0.717) is 28.9 Å². The minimum absolute atomic E-state index is 0.0498. The largest absolute Gasteiger partial charge is 0.340 e. The van der Waals surface area contributed by atoms with Gasteiger partial charge < -0.3 is 15.5 Å². The van der Waals surface area contributed by atoms with E-state index in [1.165, 1.54) is 11.6 Å². The summed E-state index contributed by atoms with van der Waals surface area (Å²) in [7, 11) is 2.15. The van der Waals surface area contributed by atoms with E-state index >= 15 is 0 Å². The van der Waals surface area contributed by atoms with Crippen molar-refractivity contribution < 1.29 is 9.18 Å². The molecule has 0 saturated carbocycles. The molecule has 2 aromatic carbocycles. The highest BCUT2D eigenvalue weighted by Gasteiger charge is 2.26. The molecule has 9 heteroatoms. The molecule has 1 aliphatic rings. The van der Waals surface area contributed by atoms with Gasteiger partial charge in [0.15, 0.2) is 0 Å². The Hall–Kier alpha value is -4.37.